The Bertz CT molecular complexity index is 377. The Labute approximate surface area is 79.0 Å². The summed E-state index contributed by atoms with van der Waals surface area (Å²) in [7, 11) is 0. The molecule has 2 rings (SSSR count). The first kappa shape index (κ1) is 8.33. The number of nitrogens with zero attached hydrogens (tertiary/aromatic N) is 3. The summed E-state index contributed by atoms with van der Waals surface area (Å²) in [5.74, 6) is 1.36. The van der Waals surface area contributed by atoms with Crippen LogP contribution in [-0.2, 0) is 0 Å². The van der Waals surface area contributed by atoms with Crippen LogP contribution in [0.5, 0.6) is 0 Å². The van der Waals surface area contributed by atoms with Crippen LogP contribution < -0.4 is 5.73 Å². The lowest BCUT2D eigenvalue weighted by Crippen LogP contribution is -2.06. The third-order valence-corrected chi connectivity index (χ3v) is 2.36. The van der Waals surface area contributed by atoms with Gasteiger partial charge in [-0.05, 0) is 6.92 Å². The standard InChI is InChI=1S/C7H9N5S/c1-4(8)6-10-7(12-11-6)5-2-9-3-13-5/h2-4H,8H2,1H3,(H,10,11,12). The second kappa shape index (κ2) is 3.23. The summed E-state index contributed by atoms with van der Waals surface area (Å²) in [5, 5.41) is 6.82. The average Bonchev–Trinajstić information content (AvgIpc) is 2.75. The largest absolute Gasteiger partial charge is 0.322 e. The Morgan fingerprint density at radius 3 is 3.00 bits per heavy atom. The van der Waals surface area contributed by atoms with E-state index in [-0.39, 0.29) is 6.04 Å². The van der Waals surface area contributed by atoms with Crippen LogP contribution in [0, 0.1) is 0 Å². The highest BCUT2D eigenvalue weighted by molar-refractivity contribution is 7.13. The van der Waals surface area contributed by atoms with E-state index in [9.17, 15) is 0 Å². The van der Waals surface area contributed by atoms with Crippen molar-refractivity contribution in [2.45, 2.75) is 13.0 Å². The Morgan fingerprint density at radius 1 is 1.62 bits per heavy atom. The SMILES string of the molecule is CC(N)c1nc(-c2cncs2)n[nH]1. The van der Waals surface area contributed by atoms with E-state index in [0.29, 0.717) is 11.6 Å². The molecule has 1 atom stereocenters. The number of nitrogens with one attached hydrogen (secondary N) is 1. The molecule has 2 heterocycles. The van der Waals surface area contributed by atoms with Gasteiger partial charge in [0.2, 0.25) is 0 Å². The number of aromatic amines is 1. The van der Waals surface area contributed by atoms with Gasteiger partial charge in [-0.25, -0.2) is 4.98 Å². The Hall–Kier alpha value is -1.27. The molecule has 0 aliphatic carbocycles. The van der Waals surface area contributed by atoms with Gasteiger partial charge in [0.15, 0.2) is 5.82 Å². The van der Waals surface area contributed by atoms with Crippen LogP contribution in [0.1, 0.15) is 18.8 Å². The van der Waals surface area contributed by atoms with Gasteiger partial charge in [-0.1, -0.05) is 0 Å². The average molecular weight is 195 g/mol. The first-order chi connectivity index (χ1) is 6.27. The van der Waals surface area contributed by atoms with Gasteiger partial charge in [0.1, 0.15) is 5.82 Å². The number of H-pyrrole nitrogens is 1. The van der Waals surface area contributed by atoms with Crippen LogP contribution in [0.25, 0.3) is 10.7 Å². The zero-order valence-corrected chi connectivity index (χ0v) is 7.88. The van der Waals surface area contributed by atoms with E-state index in [2.05, 4.69) is 20.2 Å². The smallest absolute Gasteiger partial charge is 0.192 e. The second-order valence-electron chi connectivity index (χ2n) is 2.70. The topological polar surface area (TPSA) is 80.5 Å². The fraction of sp³-hybridized carbons (Fsp3) is 0.286. The molecule has 0 amide bonds. The highest BCUT2D eigenvalue weighted by Gasteiger charge is 2.09. The second-order valence-corrected chi connectivity index (χ2v) is 3.58. The van der Waals surface area contributed by atoms with Crippen LogP contribution in [0.15, 0.2) is 11.7 Å². The number of aromatic nitrogens is 4. The quantitative estimate of drug-likeness (QED) is 0.747. The molecular weight excluding hydrogens is 186 g/mol. The summed E-state index contributed by atoms with van der Waals surface area (Å²) in [6.45, 7) is 1.86. The van der Waals surface area contributed by atoms with E-state index in [4.69, 9.17) is 5.73 Å². The molecule has 0 spiro atoms. The number of nitrogens with two attached hydrogens (primary N) is 1. The molecule has 0 aromatic carbocycles. The molecule has 0 aliphatic rings. The van der Waals surface area contributed by atoms with E-state index in [0.717, 1.165) is 4.88 Å². The number of rotatable bonds is 2. The molecule has 0 radical (unpaired) electrons. The summed E-state index contributed by atoms with van der Waals surface area (Å²) in [6.07, 6.45) is 1.73. The summed E-state index contributed by atoms with van der Waals surface area (Å²) in [6, 6.07) is -0.117. The van der Waals surface area contributed by atoms with Crippen LogP contribution in [0.2, 0.25) is 0 Å². The summed E-state index contributed by atoms with van der Waals surface area (Å²) >= 11 is 1.50. The highest BCUT2D eigenvalue weighted by Crippen LogP contribution is 2.19. The van der Waals surface area contributed by atoms with Crippen molar-refractivity contribution >= 4 is 11.3 Å². The van der Waals surface area contributed by atoms with E-state index < -0.39 is 0 Å². The molecule has 68 valence electrons. The molecule has 0 aliphatic heterocycles. The zero-order chi connectivity index (χ0) is 9.26. The minimum atomic E-state index is -0.117. The molecule has 3 N–H and O–H groups in total. The first-order valence-electron chi connectivity index (χ1n) is 3.84. The van der Waals surface area contributed by atoms with Gasteiger partial charge >= 0.3 is 0 Å². The molecule has 13 heavy (non-hydrogen) atoms. The molecule has 1 unspecified atom stereocenters. The van der Waals surface area contributed by atoms with Crippen molar-refractivity contribution in [1.82, 2.24) is 20.2 Å². The lowest BCUT2D eigenvalue weighted by atomic mass is 10.3. The Morgan fingerprint density at radius 2 is 2.46 bits per heavy atom. The van der Waals surface area contributed by atoms with Crippen LogP contribution >= 0.6 is 11.3 Å². The van der Waals surface area contributed by atoms with Gasteiger partial charge in [-0.2, -0.15) is 5.10 Å². The van der Waals surface area contributed by atoms with Gasteiger partial charge in [-0.3, -0.25) is 10.1 Å². The van der Waals surface area contributed by atoms with E-state index in [1.54, 1.807) is 11.7 Å². The lowest BCUT2D eigenvalue weighted by Gasteiger charge is -1.95. The predicted molar refractivity (Wildman–Crippen MR) is 50.1 cm³/mol. The fourth-order valence-corrected chi connectivity index (χ4v) is 1.47. The lowest BCUT2D eigenvalue weighted by molar-refractivity contribution is 0.745. The first-order valence-corrected chi connectivity index (χ1v) is 4.72. The minimum absolute atomic E-state index is 0.117. The molecule has 6 heteroatoms. The van der Waals surface area contributed by atoms with Crippen molar-refractivity contribution in [2.75, 3.05) is 0 Å². The monoisotopic (exact) mass is 195 g/mol. The van der Waals surface area contributed by atoms with Gasteiger partial charge < -0.3 is 5.73 Å². The normalized spacial score (nSPS) is 13.1. The summed E-state index contributed by atoms with van der Waals surface area (Å²) < 4.78 is 0. The number of hydrogen-bond donors (Lipinski definition) is 2. The van der Waals surface area contributed by atoms with Crippen molar-refractivity contribution in [2.24, 2.45) is 5.73 Å². The molecule has 2 aromatic rings. The molecule has 2 aromatic heterocycles. The number of hydrogen-bond acceptors (Lipinski definition) is 5. The number of thiazole rings is 1. The van der Waals surface area contributed by atoms with Gasteiger partial charge in [0.25, 0.3) is 0 Å². The molecule has 0 bridgehead atoms. The van der Waals surface area contributed by atoms with Crippen molar-refractivity contribution in [3.63, 3.8) is 0 Å². The summed E-state index contributed by atoms with van der Waals surface area (Å²) in [4.78, 5) is 9.12. The maximum Gasteiger partial charge on any atom is 0.192 e. The third-order valence-electron chi connectivity index (χ3n) is 1.59. The zero-order valence-electron chi connectivity index (χ0n) is 7.06. The molecule has 0 saturated heterocycles. The van der Waals surface area contributed by atoms with Crippen LogP contribution in [0.4, 0.5) is 0 Å². The van der Waals surface area contributed by atoms with Gasteiger partial charge in [0.05, 0.1) is 16.4 Å². The van der Waals surface area contributed by atoms with Crippen molar-refractivity contribution in [1.29, 1.82) is 0 Å². The minimum Gasteiger partial charge on any atom is -0.322 e. The van der Waals surface area contributed by atoms with Crippen molar-refractivity contribution < 1.29 is 0 Å². The van der Waals surface area contributed by atoms with E-state index in [1.807, 2.05) is 6.92 Å². The van der Waals surface area contributed by atoms with E-state index >= 15 is 0 Å². The molecule has 0 saturated carbocycles. The maximum atomic E-state index is 5.63. The van der Waals surface area contributed by atoms with Gasteiger partial charge in [-0.15, -0.1) is 11.3 Å². The van der Waals surface area contributed by atoms with Crippen molar-refractivity contribution in [3.8, 4) is 10.7 Å². The third kappa shape index (κ3) is 1.58. The van der Waals surface area contributed by atoms with Crippen LogP contribution in [0.3, 0.4) is 0 Å². The van der Waals surface area contributed by atoms with E-state index in [1.165, 1.54) is 11.3 Å². The van der Waals surface area contributed by atoms with Gasteiger partial charge in [0, 0.05) is 6.20 Å². The Kier molecular flexibility index (Phi) is 2.07. The highest BCUT2D eigenvalue weighted by atomic mass is 32.1. The maximum absolute atomic E-state index is 5.63. The molecule has 5 nitrogen and oxygen atoms in total. The molecule has 0 fully saturated rings. The predicted octanol–water partition coefficient (Wildman–Crippen LogP) is 0.948. The van der Waals surface area contributed by atoms with Crippen molar-refractivity contribution in [3.05, 3.63) is 17.5 Å². The molecular formula is C7H9N5S. The fourth-order valence-electron chi connectivity index (χ4n) is 0.914. The summed E-state index contributed by atoms with van der Waals surface area (Å²) in [5.41, 5.74) is 7.38. The Balaban J connectivity index is 2.33. The van der Waals surface area contributed by atoms with Crippen LogP contribution in [-0.4, -0.2) is 20.2 Å².